The Morgan fingerprint density at radius 2 is 1.71 bits per heavy atom. The smallest absolute Gasteiger partial charge is 0.337 e. The lowest BCUT2D eigenvalue weighted by Gasteiger charge is -2.42. The number of rotatable bonds is 13. The van der Waals surface area contributed by atoms with E-state index in [0.717, 1.165) is 68.2 Å². The lowest BCUT2D eigenvalue weighted by molar-refractivity contribution is -0.140. The second-order valence-electron chi connectivity index (χ2n) is 12.9. The molecule has 2 aliphatic carbocycles. The molecule has 0 N–H and O–H groups in total. The SMILES string of the molecule is COC(=O)CCCCC(C)(CCc1ccccc1OCc1ccc(C#CC2CC2)cc1)C1CCCc2cc(C(=O)OC)ccc21. The molecule has 5 rings (SSSR count). The van der Waals surface area contributed by atoms with Crippen molar-refractivity contribution in [3.8, 4) is 17.6 Å². The zero-order valence-electron chi connectivity index (χ0n) is 27.0. The van der Waals surface area contributed by atoms with Gasteiger partial charge in [0.15, 0.2) is 0 Å². The summed E-state index contributed by atoms with van der Waals surface area (Å²) in [5.41, 5.74) is 6.61. The Hall–Kier alpha value is -4.04. The van der Waals surface area contributed by atoms with Gasteiger partial charge in [0.05, 0.1) is 19.8 Å². The predicted octanol–water partition coefficient (Wildman–Crippen LogP) is 8.61. The molecule has 2 unspecified atom stereocenters. The molecule has 0 radical (unpaired) electrons. The number of benzene rings is 3. The quantitative estimate of drug-likeness (QED) is 0.111. The van der Waals surface area contributed by atoms with Gasteiger partial charge < -0.3 is 14.2 Å². The second-order valence-corrected chi connectivity index (χ2v) is 12.9. The van der Waals surface area contributed by atoms with E-state index in [2.05, 4.69) is 67.3 Å². The minimum Gasteiger partial charge on any atom is -0.489 e. The molecule has 0 amide bonds. The summed E-state index contributed by atoms with van der Waals surface area (Å²) in [4.78, 5) is 24.1. The fourth-order valence-corrected chi connectivity index (χ4v) is 6.69. The number of unbranched alkanes of at least 4 members (excludes halogenated alkanes) is 1. The number of methoxy groups -OCH3 is 2. The monoisotopic (exact) mass is 606 g/mol. The first-order valence-corrected chi connectivity index (χ1v) is 16.5. The summed E-state index contributed by atoms with van der Waals surface area (Å²) in [6, 6.07) is 22.9. The van der Waals surface area contributed by atoms with E-state index in [9.17, 15) is 9.59 Å². The van der Waals surface area contributed by atoms with E-state index in [1.165, 1.54) is 43.8 Å². The number of para-hydroxylation sites is 1. The number of hydrogen-bond acceptors (Lipinski definition) is 5. The topological polar surface area (TPSA) is 61.8 Å². The lowest BCUT2D eigenvalue weighted by Crippen LogP contribution is -2.30. The van der Waals surface area contributed by atoms with E-state index in [1.807, 2.05) is 18.2 Å². The molecule has 0 saturated heterocycles. The Bertz CT molecular complexity index is 1520. The van der Waals surface area contributed by atoms with E-state index < -0.39 is 0 Å². The van der Waals surface area contributed by atoms with Crippen LogP contribution in [0.1, 0.15) is 109 Å². The van der Waals surface area contributed by atoms with Gasteiger partial charge in [0, 0.05) is 17.9 Å². The number of fused-ring (bicyclic) bond motifs is 1. The molecule has 0 aromatic heterocycles. The molecular formula is C40H46O5. The van der Waals surface area contributed by atoms with Crippen molar-refractivity contribution in [3.63, 3.8) is 0 Å². The number of esters is 2. The molecule has 0 bridgehead atoms. The van der Waals surface area contributed by atoms with Crippen molar-refractivity contribution in [2.75, 3.05) is 14.2 Å². The maximum atomic E-state index is 12.3. The molecule has 45 heavy (non-hydrogen) atoms. The van der Waals surface area contributed by atoms with Crippen molar-refractivity contribution in [2.24, 2.45) is 11.3 Å². The summed E-state index contributed by atoms with van der Waals surface area (Å²) >= 11 is 0. The summed E-state index contributed by atoms with van der Waals surface area (Å²) in [6.45, 7) is 2.92. The predicted molar refractivity (Wildman–Crippen MR) is 177 cm³/mol. The van der Waals surface area contributed by atoms with Crippen molar-refractivity contribution >= 4 is 11.9 Å². The van der Waals surface area contributed by atoms with Gasteiger partial charge in [-0.25, -0.2) is 4.79 Å². The van der Waals surface area contributed by atoms with Gasteiger partial charge in [-0.1, -0.05) is 61.6 Å². The van der Waals surface area contributed by atoms with E-state index >= 15 is 0 Å². The molecule has 0 heterocycles. The molecule has 2 aliphatic rings. The first-order valence-electron chi connectivity index (χ1n) is 16.5. The first-order chi connectivity index (χ1) is 21.9. The highest BCUT2D eigenvalue weighted by Crippen LogP contribution is 2.50. The standard InChI is InChI=1S/C40H46O5/c1-40(25-7-6-13-38(41)43-2,36-11-8-10-33-27-34(39(42)44-3)22-23-35(33)36)26-24-32-9-4-5-12-37(32)45-28-31-20-18-30(19-21-31)17-16-29-14-15-29/h4-5,9,12,18-23,27,29,36H,6-8,10-11,13-15,24-26,28H2,1-3H3. The van der Waals surface area contributed by atoms with Crippen LogP contribution in [0, 0.1) is 23.2 Å². The Morgan fingerprint density at radius 3 is 2.47 bits per heavy atom. The molecular weight excluding hydrogens is 560 g/mol. The van der Waals surface area contributed by atoms with Gasteiger partial charge in [0.2, 0.25) is 0 Å². The van der Waals surface area contributed by atoms with Gasteiger partial charge >= 0.3 is 11.9 Å². The van der Waals surface area contributed by atoms with Crippen molar-refractivity contribution in [3.05, 3.63) is 100 Å². The summed E-state index contributed by atoms with van der Waals surface area (Å²) in [5.74, 6) is 8.05. The number of ether oxygens (including phenoxy) is 3. The Morgan fingerprint density at radius 1 is 0.911 bits per heavy atom. The number of hydrogen-bond donors (Lipinski definition) is 0. The van der Waals surface area contributed by atoms with Crippen LogP contribution in [-0.4, -0.2) is 26.2 Å². The average Bonchev–Trinajstić information content (AvgIpc) is 3.92. The molecule has 2 atom stereocenters. The summed E-state index contributed by atoms with van der Waals surface area (Å²) in [7, 11) is 2.88. The summed E-state index contributed by atoms with van der Waals surface area (Å²) < 4.78 is 16.3. The average molecular weight is 607 g/mol. The van der Waals surface area contributed by atoms with E-state index in [0.29, 0.717) is 30.4 Å². The Balaban J connectivity index is 1.30. The molecule has 3 aromatic carbocycles. The summed E-state index contributed by atoms with van der Waals surface area (Å²) in [5, 5.41) is 0. The number of aryl methyl sites for hydroxylation is 2. The molecule has 0 aliphatic heterocycles. The third-order valence-corrected chi connectivity index (χ3v) is 9.61. The minimum atomic E-state index is -0.291. The molecule has 1 saturated carbocycles. The van der Waals surface area contributed by atoms with Crippen LogP contribution in [0.4, 0.5) is 0 Å². The molecule has 5 heteroatoms. The van der Waals surface area contributed by atoms with Crippen molar-refractivity contribution < 1.29 is 23.8 Å². The molecule has 5 nitrogen and oxygen atoms in total. The van der Waals surface area contributed by atoms with Crippen LogP contribution in [0.5, 0.6) is 5.75 Å². The Kier molecular flexibility index (Phi) is 11.0. The second kappa shape index (κ2) is 15.3. The van der Waals surface area contributed by atoms with E-state index in [-0.39, 0.29) is 17.4 Å². The highest BCUT2D eigenvalue weighted by Gasteiger charge is 2.37. The highest BCUT2D eigenvalue weighted by atomic mass is 16.5. The molecule has 0 spiro atoms. The largest absolute Gasteiger partial charge is 0.489 e. The zero-order chi connectivity index (χ0) is 31.6. The molecule has 3 aromatic rings. The van der Waals surface area contributed by atoms with Crippen LogP contribution in [0.3, 0.4) is 0 Å². The lowest BCUT2D eigenvalue weighted by atomic mass is 9.63. The van der Waals surface area contributed by atoms with Gasteiger partial charge in [-0.3, -0.25) is 4.79 Å². The third kappa shape index (κ3) is 8.78. The van der Waals surface area contributed by atoms with Crippen LogP contribution in [-0.2, 0) is 33.7 Å². The zero-order valence-corrected chi connectivity index (χ0v) is 27.0. The van der Waals surface area contributed by atoms with Crippen LogP contribution in [0.15, 0.2) is 66.7 Å². The van der Waals surface area contributed by atoms with E-state index in [1.54, 1.807) is 0 Å². The fourth-order valence-electron chi connectivity index (χ4n) is 6.69. The van der Waals surface area contributed by atoms with Gasteiger partial charge in [-0.2, -0.15) is 0 Å². The molecule has 1 fully saturated rings. The number of carbonyl (C=O) groups is 2. The van der Waals surface area contributed by atoms with Crippen LogP contribution >= 0.6 is 0 Å². The fraction of sp³-hybridized carbons (Fsp3) is 0.450. The van der Waals surface area contributed by atoms with Crippen molar-refractivity contribution in [2.45, 2.75) is 90.1 Å². The normalized spacial score (nSPS) is 16.8. The van der Waals surface area contributed by atoms with Crippen molar-refractivity contribution in [1.82, 2.24) is 0 Å². The molecule has 236 valence electrons. The Labute approximate surface area is 268 Å². The van der Waals surface area contributed by atoms with Gasteiger partial charge in [-0.15, -0.1) is 0 Å². The van der Waals surface area contributed by atoms with Gasteiger partial charge in [-0.05, 0) is 122 Å². The minimum absolute atomic E-state index is 0.00250. The third-order valence-electron chi connectivity index (χ3n) is 9.61. The van der Waals surface area contributed by atoms with Crippen LogP contribution < -0.4 is 4.74 Å². The summed E-state index contributed by atoms with van der Waals surface area (Å²) in [6.07, 6.45) is 10.7. The van der Waals surface area contributed by atoms with Gasteiger partial charge in [0.1, 0.15) is 12.4 Å². The van der Waals surface area contributed by atoms with Crippen LogP contribution in [0.25, 0.3) is 0 Å². The maximum absolute atomic E-state index is 12.3. The van der Waals surface area contributed by atoms with E-state index in [4.69, 9.17) is 14.2 Å². The number of carbonyl (C=O) groups excluding carboxylic acids is 2. The van der Waals surface area contributed by atoms with Gasteiger partial charge in [0.25, 0.3) is 0 Å². The van der Waals surface area contributed by atoms with Crippen molar-refractivity contribution in [1.29, 1.82) is 0 Å². The highest BCUT2D eigenvalue weighted by molar-refractivity contribution is 5.89. The first kappa shape index (κ1) is 32.4. The van der Waals surface area contributed by atoms with Crippen LogP contribution in [0.2, 0.25) is 0 Å². The maximum Gasteiger partial charge on any atom is 0.337 e.